The van der Waals surface area contributed by atoms with Crippen LogP contribution >= 0.6 is 0 Å². The average Bonchev–Trinajstić information content (AvgIpc) is 3.88. The summed E-state index contributed by atoms with van der Waals surface area (Å²) in [6.07, 6.45) is 8.57. The second-order valence-corrected chi connectivity index (χ2v) is 15.7. The summed E-state index contributed by atoms with van der Waals surface area (Å²) in [5, 5.41) is 3.61. The van der Waals surface area contributed by atoms with Gasteiger partial charge in [-0.3, -0.25) is 4.98 Å². The average molecular weight is 795 g/mol. The van der Waals surface area contributed by atoms with Gasteiger partial charge in [-0.2, -0.15) is 0 Å². The highest BCUT2D eigenvalue weighted by Gasteiger charge is 2.22. The van der Waals surface area contributed by atoms with Gasteiger partial charge in [0.15, 0.2) is 17.5 Å². The Balaban J connectivity index is 0.970. The predicted molar refractivity (Wildman–Crippen MR) is 253 cm³/mol. The minimum atomic E-state index is 0.597. The summed E-state index contributed by atoms with van der Waals surface area (Å²) in [7, 11) is 0. The van der Waals surface area contributed by atoms with Crippen LogP contribution in [0.1, 0.15) is 17.7 Å². The molecule has 0 aliphatic heterocycles. The van der Waals surface area contributed by atoms with Gasteiger partial charge < -0.3 is 9.13 Å². The standard InChI is InChI=1S/C56H38N6/c1-4-16-38(17-5-1)54-58-55(39-18-6-2-7-19-39)60-56(59-54)40-34-35-57-47(36-40)44-25-15-29-51-53(44)46-23-11-13-27-49(46)62(51)42-32-30-37(31-33-42)43-24-14-28-50-52(43)45-22-10-12-26-48(45)61(50)41-20-8-3-9-21-41/h1-11,13-25,27-36H,12,26H2. The molecule has 1 aliphatic carbocycles. The number of fused-ring (bicyclic) bond motifs is 6. The van der Waals surface area contributed by atoms with Gasteiger partial charge in [-0.05, 0) is 78.6 Å². The SMILES string of the molecule is C1=Cc2c(n(-c3ccccc3)c3cccc(-c4ccc(-n5c6ccccc6c6c(-c7cc(-c8nc(-c9ccccc9)nc(-c9ccccc9)n8)ccn7)cccc65)cc4)c23)CC1. The molecule has 292 valence electrons. The van der Waals surface area contributed by atoms with Gasteiger partial charge >= 0.3 is 0 Å². The molecule has 0 N–H and O–H groups in total. The van der Waals surface area contributed by atoms with E-state index in [9.17, 15) is 0 Å². The Morgan fingerprint density at radius 2 is 1.00 bits per heavy atom. The molecule has 4 heterocycles. The van der Waals surface area contributed by atoms with E-state index in [0.29, 0.717) is 17.5 Å². The number of allylic oxidation sites excluding steroid dienone is 1. The van der Waals surface area contributed by atoms with E-state index in [4.69, 9.17) is 19.9 Å². The van der Waals surface area contributed by atoms with Crippen LogP contribution < -0.4 is 0 Å². The maximum absolute atomic E-state index is 5.01. The molecule has 0 amide bonds. The molecule has 0 saturated carbocycles. The molecule has 0 saturated heterocycles. The second-order valence-electron chi connectivity index (χ2n) is 15.7. The Morgan fingerprint density at radius 3 is 1.71 bits per heavy atom. The van der Waals surface area contributed by atoms with Crippen LogP contribution in [-0.4, -0.2) is 29.1 Å². The predicted octanol–water partition coefficient (Wildman–Crippen LogP) is 13.6. The van der Waals surface area contributed by atoms with Crippen molar-refractivity contribution in [1.82, 2.24) is 29.1 Å². The van der Waals surface area contributed by atoms with Crippen molar-refractivity contribution in [3.05, 3.63) is 212 Å². The van der Waals surface area contributed by atoms with Crippen molar-refractivity contribution in [3.63, 3.8) is 0 Å². The van der Waals surface area contributed by atoms with Gasteiger partial charge in [-0.15, -0.1) is 0 Å². The van der Waals surface area contributed by atoms with Crippen LogP contribution in [0, 0.1) is 0 Å². The highest BCUT2D eigenvalue weighted by atomic mass is 15.0. The third kappa shape index (κ3) is 5.95. The number of nitrogens with zero attached hydrogens (tertiary/aromatic N) is 6. The molecule has 7 aromatic carbocycles. The minimum absolute atomic E-state index is 0.597. The summed E-state index contributed by atoms with van der Waals surface area (Å²) in [5.74, 6) is 1.85. The van der Waals surface area contributed by atoms with Crippen molar-refractivity contribution in [2.45, 2.75) is 12.8 Å². The van der Waals surface area contributed by atoms with Crippen molar-refractivity contribution >= 4 is 38.8 Å². The third-order valence-electron chi connectivity index (χ3n) is 12.1. The number of pyridine rings is 1. The molecule has 6 heteroatoms. The highest BCUT2D eigenvalue weighted by Crippen LogP contribution is 2.42. The molecule has 6 nitrogen and oxygen atoms in total. The number of para-hydroxylation sites is 2. The maximum Gasteiger partial charge on any atom is 0.164 e. The Kier molecular flexibility index (Phi) is 8.52. The largest absolute Gasteiger partial charge is 0.313 e. The van der Waals surface area contributed by atoms with Gasteiger partial charge in [-0.1, -0.05) is 146 Å². The maximum atomic E-state index is 5.01. The summed E-state index contributed by atoms with van der Waals surface area (Å²) in [5.41, 5.74) is 15.6. The lowest BCUT2D eigenvalue weighted by molar-refractivity contribution is 0.888. The fraction of sp³-hybridized carbons (Fsp3) is 0.0357. The van der Waals surface area contributed by atoms with Gasteiger partial charge in [0.2, 0.25) is 0 Å². The van der Waals surface area contributed by atoms with Crippen LogP contribution in [0.5, 0.6) is 0 Å². The first kappa shape index (κ1) is 35.7. The molecular weight excluding hydrogens is 757 g/mol. The number of hydrogen-bond donors (Lipinski definition) is 0. The molecule has 0 unspecified atom stereocenters. The Hall–Kier alpha value is -8.22. The summed E-state index contributed by atoms with van der Waals surface area (Å²) in [6, 6.07) is 66.0. The lowest BCUT2D eigenvalue weighted by Crippen LogP contribution is -2.02. The second kappa shape index (κ2) is 14.8. The van der Waals surface area contributed by atoms with Crippen molar-refractivity contribution < 1.29 is 0 Å². The number of aromatic nitrogens is 6. The van der Waals surface area contributed by atoms with Gasteiger partial charge in [0.1, 0.15) is 0 Å². The normalized spacial score (nSPS) is 12.3. The summed E-state index contributed by atoms with van der Waals surface area (Å²) in [6.45, 7) is 0. The van der Waals surface area contributed by atoms with Gasteiger partial charge in [0.05, 0.1) is 22.2 Å². The monoisotopic (exact) mass is 794 g/mol. The number of benzene rings is 7. The van der Waals surface area contributed by atoms with Crippen molar-refractivity contribution in [2.75, 3.05) is 0 Å². The molecule has 1 aliphatic rings. The van der Waals surface area contributed by atoms with E-state index in [2.05, 4.69) is 143 Å². The first-order valence-electron chi connectivity index (χ1n) is 21.1. The zero-order valence-electron chi connectivity index (χ0n) is 33.7. The zero-order valence-corrected chi connectivity index (χ0v) is 33.7. The fourth-order valence-corrected chi connectivity index (χ4v) is 9.34. The molecule has 12 rings (SSSR count). The van der Waals surface area contributed by atoms with Crippen molar-refractivity contribution in [2.24, 2.45) is 0 Å². The van der Waals surface area contributed by atoms with Crippen LogP contribution in [0.4, 0.5) is 0 Å². The van der Waals surface area contributed by atoms with Crippen molar-refractivity contribution in [3.8, 4) is 67.9 Å². The molecule has 0 radical (unpaired) electrons. The Labute approximate surface area is 358 Å². The lowest BCUT2D eigenvalue weighted by Gasteiger charge is -2.13. The molecule has 0 atom stereocenters. The van der Waals surface area contributed by atoms with Gasteiger partial charge in [0, 0.05) is 67.2 Å². The molecule has 0 fully saturated rings. The molecule has 0 spiro atoms. The Bertz CT molecular complexity index is 3440. The summed E-state index contributed by atoms with van der Waals surface area (Å²) in [4.78, 5) is 19.9. The van der Waals surface area contributed by atoms with Gasteiger partial charge in [0.25, 0.3) is 0 Å². The summed E-state index contributed by atoms with van der Waals surface area (Å²) >= 11 is 0. The topological polar surface area (TPSA) is 61.4 Å². The number of hydrogen-bond acceptors (Lipinski definition) is 4. The van der Waals surface area contributed by atoms with Crippen LogP contribution in [0.3, 0.4) is 0 Å². The van der Waals surface area contributed by atoms with E-state index < -0.39 is 0 Å². The van der Waals surface area contributed by atoms with Crippen LogP contribution in [0.25, 0.3) is 107 Å². The van der Waals surface area contributed by atoms with E-state index >= 15 is 0 Å². The summed E-state index contributed by atoms with van der Waals surface area (Å²) < 4.78 is 4.84. The Morgan fingerprint density at radius 1 is 0.419 bits per heavy atom. The van der Waals surface area contributed by atoms with E-state index in [1.807, 2.05) is 72.9 Å². The molecule has 62 heavy (non-hydrogen) atoms. The third-order valence-corrected chi connectivity index (χ3v) is 12.1. The molecule has 0 bridgehead atoms. The first-order valence-corrected chi connectivity index (χ1v) is 21.1. The van der Waals surface area contributed by atoms with E-state index in [0.717, 1.165) is 68.3 Å². The van der Waals surface area contributed by atoms with Crippen LogP contribution in [-0.2, 0) is 6.42 Å². The minimum Gasteiger partial charge on any atom is -0.313 e. The number of rotatable bonds is 7. The lowest BCUT2D eigenvalue weighted by atomic mass is 9.95. The van der Waals surface area contributed by atoms with E-state index in [1.165, 1.54) is 39.0 Å². The quantitative estimate of drug-likeness (QED) is 0.161. The zero-order chi connectivity index (χ0) is 41.0. The van der Waals surface area contributed by atoms with Crippen LogP contribution in [0.2, 0.25) is 0 Å². The fourth-order valence-electron chi connectivity index (χ4n) is 9.34. The van der Waals surface area contributed by atoms with E-state index in [1.54, 1.807) is 0 Å². The molecular formula is C56H38N6. The highest BCUT2D eigenvalue weighted by molar-refractivity contribution is 6.15. The van der Waals surface area contributed by atoms with Gasteiger partial charge in [-0.25, -0.2) is 15.0 Å². The first-order chi connectivity index (χ1) is 30.8. The molecule has 11 aromatic rings. The van der Waals surface area contributed by atoms with E-state index in [-0.39, 0.29) is 0 Å². The smallest absolute Gasteiger partial charge is 0.164 e. The van der Waals surface area contributed by atoms with Crippen molar-refractivity contribution in [1.29, 1.82) is 0 Å². The molecule has 4 aromatic heterocycles. The van der Waals surface area contributed by atoms with Crippen LogP contribution in [0.15, 0.2) is 200 Å².